The van der Waals surface area contributed by atoms with Gasteiger partial charge < -0.3 is 10.6 Å². The summed E-state index contributed by atoms with van der Waals surface area (Å²) in [6.07, 6.45) is 1.31. The van der Waals surface area contributed by atoms with Crippen molar-refractivity contribution in [2.45, 2.75) is 13.8 Å². The Kier molecular flexibility index (Phi) is 5.14. The molecule has 1 atom stereocenters. The fourth-order valence-corrected chi connectivity index (χ4v) is 1.25. The first kappa shape index (κ1) is 12.9. The van der Waals surface area contributed by atoms with E-state index >= 15 is 0 Å². The van der Waals surface area contributed by atoms with Gasteiger partial charge in [0.1, 0.15) is 17.3 Å². The first-order valence-electron chi connectivity index (χ1n) is 5.12. The maximum atomic E-state index is 11.7. The van der Waals surface area contributed by atoms with E-state index in [4.69, 9.17) is 11.6 Å². The van der Waals surface area contributed by atoms with Gasteiger partial charge in [0.05, 0.1) is 0 Å². The Morgan fingerprint density at radius 2 is 2.31 bits per heavy atom. The molecule has 0 aliphatic carbocycles. The Morgan fingerprint density at radius 1 is 1.56 bits per heavy atom. The van der Waals surface area contributed by atoms with Gasteiger partial charge in [0, 0.05) is 18.5 Å². The lowest BCUT2D eigenvalue weighted by atomic mass is 10.1. The molecule has 0 fully saturated rings. The second kappa shape index (κ2) is 6.40. The van der Waals surface area contributed by atoms with Gasteiger partial charge in [-0.2, -0.15) is 0 Å². The highest BCUT2D eigenvalue weighted by Gasteiger charge is 2.12. The molecule has 1 aromatic rings. The van der Waals surface area contributed by atoms with Crippen LogP contribution in [0.15, 0.2) is 12.4 Å². The van der Waals surface area contributed by atoms with Crippen molar-refractivity contribution in [1.82, 2.24) is 15.3 Å². The number of carbonyl (C=O) groups excluding carboxylic acids is 1. The van der Waals surface area contributed by atoms with E-state index in [0.717, 1.165) is 6.54 Å². The monoisotopic (exact) mass is 242 g/mol. The summed E-state index contributed by atoms with van der Waals surface area (Å²) < 4.78 is 0. The first-order valence-corrected chi connectivity index (χ1v) is 5.50. The van der Waals surface area contributed by atoms with Crippen LogP contribution in [0.2, 0.25) is 5.15 Å². The molecule has 0 saturated heterocycles. The summed E-state index contributed by atoms with van der Waals surface area (Å²) in [5.74, 6) is 0.220. The highest BCUT2D eigenvalue weighted by molar-refractivity contribution is 6.29. The van der Waals surface area contributed by atoms with Crippen molar-refractivity contribution in [3.05, 3.63) is 17.5 Å². The predicted molar refractivity (Wildman–Crippen MR) is 63.4 cm³/mol. The standard InChI is InChI=1S/C10H15ClN4O/c1-3-12-5-7(2)10(16)15-9-4-8(11)13-6-14-9/h4,6-7,12H,3,5H2,1-2H3,(H,13,14,15,16). The number of amides is 1. The van der Waals surface area contributed by atoms with E-state index in [1.807, 2.05) is 13.8 Å². The molecule has 6 heteroatoms. The third kappa shape index (κ3) is 4.12. The Morgan fingerprint density at radius 3 is 2.94 bits per heavy atom. The number of hydrogen-bond acceptors (Lipinski definition) is 4. The zero-order valence-electron chi connectivity index (χ0n) is 9.33. The van der Waals surface area contributed by atoms with Crippen LogP contribution >= 0.6 is 11.6 Å². The van der Waals surface area contributed by atoms with Crippen LogP contribution in [0.3, 0.4) is 0 Å². The van der Waals surface area contributed by atoms with Gasteiger partial charge >= 0.3 is 0 Å². The summed E-state index contributed by atoms with van der Waals surface area (Å²) in [7, 11) is 0. The fraction of sp³-hybridized carbons (Fsp3) is 0.500. The van der Waals surface area contributed by atoms with Gasteiger partial charge in [0.2, 0.25) is 5.91 Å². The molecule has 0 saturated carbocycles. The van der Waals surface area contributed by atoms with Crippen LogP contribution in [-0.4, -0.2) is 29.0 Å². The highest BCUT2D eigenvalue weighted by atomic mass is 35.5. The Labute approximate surface area is 99.6 Å². The van der Waals surface area contributed by atoms with Crippen molar-refractivity contribution in [2.75, 3.05) is 18.4 Å². The second-order valence-electron chi connectivity index (χ2n) is 3.42. The number of aromatic nitrogens is 2. The molecule has 0 aliphatic heterocycles. The van der Waals surface area contributed by atoms with E-state index in [1.54, 1.807) is 0 Å². The number of halogens is 1. The third-order valence-corrected chi connectivity index (χ3v) is 2.24. The van der Waals surface area contributed by atoms with Crippen molar-refractivity contribution in [3.8, 4) is 0 Å². The van der Waals surface area contributed by atoms with Gasteiger partial charge in [0.15, 0.2) is 0 Å². The zero-order valence-corrected chi connectivity index (χ0v) is 10.1. The normalized spacial score (nSPS) is 12.2. The topological polar surface area (TPSA) is 66.9 Å². The largest absolute Gasteiger partial charge is 0.316 e. The third-order valence-electron chi connectivity index (χ3n) is 2.03. The van der Waals surface area contributed by atoms with Gasteiger partial charge in [-0.3, -0.25) is 4.79 Å². The summed E-state index contributed by atoms with van der Waals surface area (Å²) in [6.45, 7) is 5.33. The quantitative estimate of drug-likeness (QED) is 0.765. The van der Waals surface area contributed by atoms with E-state index in [0.29, 0.717) is 17.5 Å². The highest BCUT2D eigenvalue weighted by Crippen LogP contribution is 2.09. The number of rotatable bonds is 5. The van der Waals surface area contributed by atoms with Crippen LogP contribution in [-0.2, 0) is 4.79 Å². The van der Waals surface area contributed by atoms with Crippen molar-refractivity contribution < 1.29 is 4.79 Å². The number of hydrogen-bond donors (Lipinski definition) is 2. The van der Waals surface area contributed by atoms with Crippen LogP contribution in [0.1, 0.15) is 13.8 Å². The summed E-state index contributed by atoms with van der Waals surface area (Å²) in [5, 5.41) is 6.09. The molecule has 1 unspecified atom stereocenters. The molecular formula is C10H15ClN4O. The zero-order chi connectivity index (χ0) is 12.0. The molecule has 88 valence electrons. The molecule has 1 rings (SSSR count). The molecule has 0 aliphatic rings. The van der Waals surface area contributed by atoms with E-state index in [-0.39, 0.29) is 11.8 Å². The van der Waals surface area contributed by atoms with Crippen LogP contribution in [0.4, 0.5) is 5.82 Å². The molecule has 1 amide bonds. The lowest BCUT2D eigenvalue weighted by Crippen LogP contribution is -2.30. The van der Waals surface area contributed by atoms with Gasteiger partial charge in [-0.15, -0.1) is 0 Å². The predicted octanol–water partition coefficient (Wildman–Crippen LogP) is 1.31. The lowest BCUT2D eigenvalue weighted by Gasteiger charge is -2.11. The number of carbonyl (C=O) groups is 1. The molecule has 2 N–H and O–H groups in total. The second-order valence-corrected chi connectivity index (χ2v) is 3.81. The Hall–Kier alpha value is -1.20. The number of anilines is 1. The smallest absolute Gasteiger partial charge is 0.229 e. The maximum Gasteiger partial charge on any atom is 0.229 e. The first-order chi connectivity index (χ1) is 7.63. The van der Waals surface area contributed by atoms with Crippen LogP contribution in [0, 0.1) is 5.92 Å². The summed E-state index contributed by atoms with van der Waals surface area (Å²) in [4.78, 5) is 19.3. The van der Waals surface area contributed by atoms with Gasteiger partial charge in [-0.05, 0) is 6.54 Å². The Balaban J connectivity index is 2.50. The summed E-state index contributed by atoms with van der Waals surface area (Å²) >= 11 is 5.68. The molecule has 1 heterocycles. The van der Waals surface area contributed by atoms with Crippen LogP contribution in [0.5, 0.6) is 0 Å². The molecule has 0 radical (unpaired) electrons. The van der Waals surface area contributed by atoms with E-state index in [2.05, 4.69) is 20.6 Å². The molecule has 0 spiro atoms. The number of nitrogens with one attached hydrogen (secondary N) is 2. The minimum Gasteiger partial charge on any atom is -0.316 e. The van der Waals surface area contributed by atoms with Crippen molar-refractivity contribution >= 4 is 23.3 Å². The molecule has 1 aromatic heterocycles. The van der Waals surface area contributed by atoms with Crippen molar-refractivity contribution in [3.63, 3.8) is 0 Å². The average molecular weight is 243 g/mol. The molecule has 0 bridgehead atoms. The lowest BCUT2D eigenvalue weighted by molar-refractivity contribution is -0.119. The minimum atomic E-state index is -0.117. The van der Waals surface area contributed by atoms with E-state index in [9.17, 15) is 4.79 Å². The van der Waals surface area contributed by atoms with E-state index in [1.165, 1.54) is 12.4 Å². The van der Waals surface area contributed by atoms with Crippen molar-refractivity contribution in [2.24, 2.45) is 5.92 Å². The molecule has 16 heavy (non-hydrogen) atoms. The maximum absolute atomic E-state index is 11.7. The molecule has 5 nitrogen and oxygen atoms in total. The van der Waals surface area contributed by atoms with E-state index < -0.39 is 0 Å². The van der Waals surface area contributed by atoms with Gasteiger partial charge in [0.25, 0.3) is 0 Å². The van der Waals surface area contributed by atoms with Gasteiger partial charge in [-0.25, -0.2) is 9.97 Å². The average Bonchev–Trinajstić information content (AvgIpc) is 2.25. The number of nitrogens with zero attached hydrogens (tertiary/aromatic N) is 2. The van der Waals surface area contributed by atoms with Crippen LogP contribution < -0.4 is 10.6 Å². The Bertz CT molecular complexity index is 358. The summed E-state index contributed by atoms with van der Waals surface area (Å²) in [5.41, 5.74) is 0. The minimum absolute atomic E-state index is 0.0873. The molecular weight excluding hydrogens is 228 g/mol. The van der Waals surface area contributed by atoms with Crippen LogP contribution in [0.25, 0.3) is 0 Å². The molecule has 0 aromatic carbocycles. The van der Waals surface area contributed by atoms with Crippen molar-refractivity contribution in [1.29, 1.82) is 0 Å². The summed E-state index contributed by atoms with van der Waals surface area (Å²) in [6, 6.07) is 1.51. The van der Waals surface area contributed by atoms with Gasteiger partial charge in [-0.1, -0.05) is 25.4 Å². The fourth-order valence-electron chi connectivity index (χ4n) is 1.10. The SMILES string of the molecule is CCNCC(C)C(=O)Nc1cc(Cl)ncn1.